The van der Waals surface area contributed by atoms with E-state index in [-0.39, 0.29) is 5.43 Å². The van der Waals surface area contributed by atoms with Crippen molar-refractivity contribution in [1.82, 2.24) is 4.90 Å². The van der Waals surface area contributed by atoms with Crippen molar-refractivity contribution in [3.05, 3.63) is 64.5 Å². The lowest BCUT2D eigenvalue weighted by molar-refractivity contribution is 0.160. The van der Waals surface area contributed by atoms with Crippen molar-refractivity contribution in [3.8, 4) is 16.9 Å². The van der Waals surface area contributed by atoms with Gasteiger partial charge < -0.3 is 9.15 Å². The summed E-state index contributed by atoms with van der Waals surface area (Å²) in [6, 6.07) is 15.2. The summed E-state index contributed by atoms with van der Waals surface area (Å²) in [6.07, 6.45) is 2.54. The van der Waals surface area contributed by atoms with E-state index in [4.69, 9.17) is 9.15 Å². The minimum absolute atomic E-state index is 0.000985. The zero-order valence-electron chi connectivity index (χ0n) is 16.6. The van der Waals surface area contributed by atoms with Gasteiger partial charge in [0.15, 0.2) is 0 Å². The number of piperidine rings is 1. The van der Waals surface area contributed by atoms with Gasteiger partial charge in [0.2, 0.25) is 5.43 Å². The Morgan fingerprint density at radius 1 is 1.11 bits per heavy atom. The molecule has 146 valence electrons. The van der Waals surface area contributed by atoms with Crippen LogP contribution in [0.1, 0.15) is 25.5 Å². The molecule has 2 heterocycles. The summed E-state index contributed by atoms with van der Waals surface area (Å²) in [5.74, 6) is 2.21. The minimum Gasteiger partial charge on any atom is -0.492 e. The first-order chi connectivity index (χ1) is 13.6. The molecule has 1 aromatic heterocycles. The topological polar surface area (TPSA) is 42.7 Å². The molecule has 2 aromatic carbocycles. The third-order valence-corrected chi connectivity index (χ3v) is 5.65. The number of nitrogens with zero attached hydrogens (tertiary/aromatic N) is 1. The number of likely N-dealkylation sites (tertiary alicyclic amines) is 1. The molecule has 0 aliphatic carbocycles. The first-order valence-electron chi connectivity index (χ1n) is 10.1. The van der Waals surface area contributed by atoms with Crippen LogP contribution in [0.25, 0.3) is 22.1 Å². The second-order valence-corrected chi connectivity index (χ2v) is 7.76. The monoisotopic (exact) mass is 377 g/mol. The van der Waals surface area contributed by atoms with Crippen LogP contribution in [0.4, 0.5) is 0 Å². The summed E-state index contributed by atoms with van der Waals surface area (Å²) >= 11 is 0. The summed E-state index contributed by atoms with van der Waals surface area (Å²) in [4.78, 5) is 15.5. The maximum atomic E-state index is 13.0. The van der Waals surface area contributed by atoms with Crippen molar-refractivity contribution in [3.63, 3.8) is 0 Å². The zero-order chi connectivity index (χ0) is 19.5. The van der Waals surface area contributed by atoms with Crippen LogP contribution < -0.4 is 10.2 Å². The number of fused-ring (bicyclic) bond motifs is 1. The van der Waals surface area contributed by atoms with Crippen LogP contribution in [0.5, 0.6) is 5.75 Å². The Balaban J connectivity index is 1.51. The molecule has 4 nitrogen and oxygen atoms in total. The predicted octanol–water partition coefficient (Wildman–Crippen LogP) is 4.88. The highest BCUT2D eigenvalue weighted by Crippen LogP contribution is 2.26. The van der Waals surface area contributed by atoms with Gasteiger partial charge in [0.1, 0.15) is 23.7 Å². The van der Waals surface area contributed by atoms with Crippen molar-refractivity contribution in [2.75, 3.05) is 26.2 Å². The highest BCUT2D eigenvalue weighted by Gasteiger charge is 2.16. The van der Waals surface area contributed by atoms with Gasteiger partial charge >= 0.3 is 0 Å². The lowest BCUT2D eigenvalue weighted by atomic mass is 9.99. The molecule has 0 radical (unpaired) electrons. The fourth-order valence-corrected chi connectivity index (χ4v) is 3.89. The van der Waals surface area contributed by atoms with E-state index in [9.17, 15) is 4.79 Å². The first-order valence-corrected chi connectivity index (χ1v) is 10.1. The standard InChI is InChI=1S/C24H27NO3/c1-17-10-12-25(13-11-17)14-15-27-20-8-9-21-22(16-20)28-18(2)23(24(21)26)19-6-4-3-5-7-19/h3-9,16-17H,10-15H2,1-2H3. The van der Waals surface area contributed by atoms with Crippen LogP contribution in [0.15, 0.2) is 57.7 Å². The van der Waals surface area contributed by atoms with Gasteiger partial charge in [-0.05, 0) is 56.5 Å². The third-order valence-electron chi connectivity index (χ3n) is 5.65. The molecule has 4 rings (SSSR count). The summed E-state index contributed by atoms with van der Waals surface area (Å²) in [7, 11) is 0. The molecule has 1 aliphatic rings. The van der Waals surface area contributed by atoms with Gasteiger partial charge in [0.25, 0.3) is 0 Å². The Hall–Kier alpha value is -2.59. The summed E-state index contributed by atoms with van der Waals surface area (Å²) < 4.78 is 11.9. The molecule has 0 bridgehead atoms. The average molecular weight is 377 g/mol. The van der Waals surface area contributed by atoms with Gasteiger partial charge in [-0.25, -0.2) is 0 Å². The normalized spacial score (nSPS) is 15.8. The number of hydrogen-bond acceptors (Lipinski definition) is 4. The second kappa shape index (κ2) is 8.19. The Labute approximate surface area is 165 Å². The number of ether oxygens (including phenoxy) is 1. The molecular formula is C24H27NO3. The molecule has 1 aliphatic heterocycles. The smallest absolute Gasteiger partial charge is 0.200 e. The Bertz CT molecular complexity index is 1000. The first kappa shape index (κ1) is 18.8. The van der Waals surface area contributed by atoms with Gasteiger partial charge in [-0.3, -0.25) is 9.69 Å². The minimum atomic E-state index is -0.000985. The van der Waals surface area contributed by atoms with Crippen molar-refractivity contribution in [2.24, 2.45) is 5.92 Å². The van der Waals surface area contributed by atoms with Crippen LogP contribution in [0, 0.1) is 12.8 Å². The van der Waals surface area contributed by atoms with Gasteiger partial charge in [-0.1, -0.05) is 37.3 Å². The molecule has 0 unspecified atom stereocenters. The lowest BCUT2D eigenvalue weighted by Gasteiger charge is -2.29. The molecule has 0 saturated carbocycles. The van der Waals surface area contributed by atoms with Crippen molar-refractivity contribution < 1.29 is 9.15 Å². The van der Waals surface area contributed by atoms with Gasteiger partial charge in [-0.2, -0.15) is 0 Å². The third kappa shape index (κ3) is 3.97. The van der Waals surface area contributed by atoms with Crippen LogP contribution >= 0.6 is 0 Å². The van der Waals surface area contributed by atoms with Gasteiger partial charge in [-0.15, -0.1) is 0 Å². The maximum absolute atomic E-state index is 13.0. The Kier molecular flexibility index (Phi) is 5.49. The Morgan fingerprint density at radius 2 is 1.86 bits per heavy atom. The number of hydrogen-bond donors (Lipinski definition) is 0. The lowest BCUT2D eigenvalue weighted by Crippen LogP contribution is -2.35. The quantitative estimate of drug-likeness (QED) is 0.636. The van der Waals surface area contributed by atoms with E-state index in [1.165, 1.54) is 12.8 Å². The van der Waals surface area contributed by atoms with E-state index in [0.29, 0.717) is 28.9 Å². The average Bonchev–Trinajstić information content (AvgIpc) is 2.70. The van der Waals surface area contributed by atoms with E-state index in [2.05, 4.69) is 11.8 Å². The molecule has 4 heteroatoms. The van der Waals surface area contributed by atoms with Crippen molar-refractivity contribution >= 4 is 11.0 Å². The highest BCUT2D eigenvalue weighted by atomic mass is 16.5. The molecule has 1 saturated heterocycles. The molecule has 3 aromatic rings. The number of benzene rings is 2. The highest BCUT2D eigenvalue weighted by molar-refractivity contribution is 5.83. The van der Waals surface area contributed by atoms with E-state index in [1.807, 2.05) is 55.5 Å². The summed E-state index contributed by atoms with van der Waals surface area (Å²) in [5.41, 5.74) is 2.08. The maximum Gasteiger partial charge on any atom is 0.200 e. The van der Waals surface area contributed by atoms with E-state index in [1.54, 1.807) is 0 Å². The van der Waals surface area contributed by atoms with Crippen LogP contribution in [-0.4, -0.2) is 31.1 Å². The van der Waals surface area contributed by atoms with E-state index < -0.39 is 0 Å². The number of aryl methyl sites for hydroxylation is 1. The molecule has 0 spiro atoms. The molecule has 0 N–H and O–H groups in total. The fourth-order valence-electron chi connectivity index (χ4n) is 3.89. The zero-order valence-corrected chi connectivity index (χ0v) is 16.6. The van der Waals surface area contributed by atoms with Crippen molar-refractivity contribution in [1.29, 1.82) is 0 Å². The van der Waals surface area contributed by atoms with E-state index in [0.717, 1.165) is 36.9 Å². The van der Waals surface area contributed by atoms with Crippen LogP contribution in [-0.2, 0) is 0 Å². The van der Waals surface area contributed by atoms with Gasteiger partial charge in [0, 0.05) is 12.6 Å². The Morgan fingerprint density at radius 3 is 2.61 bits per heavy atom. The SMILES string of the molecule is Cc1oc2cc(OCCN3CCC(C)CC3)ccc2c(=O)c1-c1ccccc1. The molecule has 28 heavy (non-hydrogen) atoms. The summed E-state index contributed by atoms with van der Waals surface area (Å²) in [6.45, 7) is 8.04. The second-order valence-electron chi connectivity index (χ2n) is 7.76. The molecule has 1 fully saturated rings. The van der Waals surface area contributed by atoms with E-state index >= 15 is 0 Å². The predicted molar refractivity (Wildman–Crippen MR) is 113 cm³/mol. The van der Waals surface area contributed by atoms with Gasteiger partial charge in [0.05, 0.1) is 10.9 Å². The molecule has 0 atom stereocenters. The molecular weight excluding hydrogens is 350 g/mol. The molecule has 0 amide bonds. The van der Waals surface area contributed by atoms with Crippen LogP contribution in [0.2, 0.25) is 0 Å². The number of rotatable bonds is 5. The largest absolute Gasteiger partial charge is 0.492 e. The van der Waals surface area contributed by atoms with Crippen molar-refractivity contribution in [2.45, 2.75) is 26.7 Å². The fraction of sp³-hybridized carbons (Fsp3) is 0.375. The summed E-state index contributed by atoms with van der Waals surface area (Å²) in [5, 5.41) is 0.585. The van der Waals surface area contributed by atoms with Crippen LogP contribution in [0.3, 0.4) is 0 Å².